The zero-order valence-corrected chi connectivity index (χ0v) is 7.70. The van der Waals surface area contributed by atoms with Crippen molar-refractivity contribution >= 4 is 16.1 Å². The van der Waals surface area contributed by atoms with Crippen LogP contribution in [0, 0.1) is 0 Å². The maximum Gasteiger partial charge on any atom is 0.303 e. The third kappa shape index (κ3) is 9.25. The number of carboxylic acid groups (broad SMARTS) is 1. The summed E-state index contributed by atoms with van der Waals surface area (Å²) in [5.41, 5.74) is 0. The maximum atomic E-state index is 10.2. The first-order chi connectivity index (χ1) is 5.81. The van der Waals surface area contributed by atoms with Crippen molar-refractivity contribution in [3.8, 4) is 0 Å². The van der Waals surface area contributed by atoms with E-state index in [1.165, 1.54) is 0 Å². The molecule has 0 aliphatic heterocycles. The number of carboxylic acids is 1. The normalized spacial score (nSPS) is 14.0. The highest BCUT2D eigenvalue weighted by molar-refractivity contribution is 7.85. The van der Waals surface area contributed by atoms with Gasteiger partial charge in [0, 0.05) is 6.42 Å². The van der Waals surface area contributed by atoms with Gasteiger partial charge in [0.2, 0.25) is 0 Å². The fourth-order valence-corrected chi connectivity index (χ4v) is 1.29. The van der Waals surface area contributed by atoms with Gasteiger partial charge in [0.05, 0.1) is 11.9 Å². The van der Waals surface area contributed by atoms with Gasteiger partial charge in [0.1, 0.15) is 0 Å². The Labute approximate surface area is 75.9 Å². The Balaban J connectivity index is 3.64. The molecule has 1 unspecified atom stereocenters. The van der Waals surface area contributed by atoms with E-state index in [1.54, 1.807) is 0 Å². The average Bonchev–Trinajstić information content (AvgIpc) is 1.95. The van der Waals surface area contributed by atoms with E-state index in [4.69, 9.17) is 14.8 Å². The van der Waals surface area contributed by atoms with Gasteiger partial charge in [-0.15, -0.1) is 0 Å². The zero-order chi connectivity index (χ0) is 10.5. The maximum absolute atomic E-state index is 10.2. The minimum Gasteiger partial charge on any atom is -0.481 e. The Morgan fingerprint density at radius 3 is 2.23 bits per heavy atom. The Kier molecular flexibility index (Phi) is 4.89. The lowest BCUT2D eigenvalue weighted by atomic mass is 10.1. The van der Waals surface area contributed by atoms with E-state index in [-0.39, 0.29) is 19.3 Å². The molecule has 0 rings (SSSR count). The van der Waals surface area contributed by atoms with Gasteiger partial charge in [-0.1, -0.05) is 0 Å². The van der Waals surface area contributed by atoms with Crippen LogP contribution in [0.2, 0.25) is 0 Å². The quantitative estimate of drug-likeness (QED) is 0.511. The molecule has 6 nitrogen and oxygen atoms in total. The van der Waals surface area contributed by atoms with Crippen LogP contribution in [-0.4, -0.2) is 41.0 Å². The van der Waals surface area contributed by atoms with Crippen LogP contribution in [0.15, 0.2) is 0 Å². The molecule has 0 spiro atoms. The second-order valence-electron chi connectivity index (χ2n) is 2.66. The molecule has 0 saturated carbocycles. The molecule has 78 valence electrons. The SMILES string of the molecule is O=C(O)CCC(O)CCS(=O)(=O)O. The lowest BCUT2D eigenvalue weighted by molar-refractivity contribution is -0.137. The van der Waals surface area contributed by atoms with E-state index in [0.717, 1.165) is 0 Å². The molecule has 0 fully saturated rings. The molecule has 7 heteroatoms. The smallest absolute Gasteiger partial charge is 0.303 e. The molecule has 1 atom stereocenters. The summed E-state index contributed by atoms with van der Waals surface area (Å²) in [6.07, 6.45) is -1.37. The number of rotatable bonds is 6. The molecule has 0 amide bonds. The van der Waals surface area contributed by atoms with Crippen molar-refractivity contribution in [3.63, 3.8) is 0 Å². The van der Waals surface area contributed by atoms with Gasteiger partial charge in [-0.2, -0.15) is 8.42 Å². The summed E-state index contributed by atoms with van der Waals surface area (Å²) in [4.78, 5) is 10.0. The highest BCUT2D eigenvalue weighted by Gasteiger charge is 2.11. The number of aliphatic carboxylic acids is 1. The summed E-state index contributed by atoms with van der Waals surface area (Å²) in [5.74, 6) is -1.60. The third-order valence-electron chi connectivity index (χ3n) is 1.40. The van der Waals surface area contributed by atoms with Crippen LogP contribution in [-0.2, 0) is 14.9 Å². The van der Waals surface area contributed by atoms with Gasteiger partial charge in [0.15, 0.2) is 0 Å². The van der Waals surface area contributed by atoms with Gasteiger partial charge in [0.25, 0.3) is 10.1 Å². The van der Waals surface area contributed by atoms with E-state index >= 15 is 0 Å². The monoisotopic (exact) mass is 212 g/mol. The van der Waals surface area contributed by atoms with E-state index in [0.29, 0.717) is 0 Å². The lowest BCUT2D eigenvalue weighted by Gasteiger charge is -2.06. The largest absolute Gasteiger partial charge is 0.481 e. The van der Waals surface area contributed by atoms with Gasteiger partial charge >= 0.3 is 5.97 Å². The minimum atomic E-state index is -4.07. The highest BCUT2D eigenvalue weighted by Crippen LogP contribution is 2.03. The molecule has 0 aromatic carbocycles. The van der Waals surface area contributed by atoms with Crippen molar-refractivity contribution in [1.29, 1.82) is 0 Å². The predicted octanol–water partition coefficient (Wildman–Crippen LogP) is -0.510. The number of hydrogen-bond donors (Lipinski definition) is 3. The average molecular weight is 212 g/mol. The van der Waals surface area contributed by atoms with E-state index in [1.807, 2.05) is 0 Å². The molecular weight excluding hydrogens is 200 g/mol. The topological polar surface area (TPSA) is 112 Å². The molecule has 0 aliphatic carbocycles. The summed E-state index contributed by atoms with van der Waals surface area (Å²) in [6, 6.07) is 0. The fourth-order valence-electron chi connectivity index (χ4n) is 0.719. The second-order valence-corrected chi connectivity index (χ2v) is 4.23. The van der Waals surface area contributed by atoms with Gasteiger partial charge in [-0.25, -0.2) is 0 Å². The molecule has 0 bridgehead atoms. The van der Waals surface area contributed by atoms with E-state index in [9.17, 15) is 13.2 Å². The Morgan fingerprint density at radius 1 is 1.31 bits per heavy atom. The van der Waals surface area contributed by atoms with Gasteiger partial charge in [-0.05, 0) is 12.8 Å². The van der Waals surface area contributed by atoms with Gasteiger partial charge in [-0.3, -0.25) is 9.35 Å². The van der Waals surface area contributed by atoms with Crippen LogP contribution >= 0.6 is 0 Å². The first-order valence-corrected chi connectivity index (χ1v) is 5.27. The Bertz CT molecular complexity index is 256. The van der Waals surface area contributed by atoms with Crippen LogP contribution in [0.5, 0.6) is 0 Å². The molecule has 0 radical (unpaired) electrons. The van der Waals surface area contributed by atoms with Crippen LogP contribution < -0.4 is 0 Å². The molecular formula is C6H12O6S. The van der Waals surface area contributed by atoms with Crippen LogP contribution in [0.4, 0.5) is 0 Å². The zero-order valence-electron chi connectivity index (χ0n) is 6.88. The summed E-state index contributed by atoms with van der Waals surface area (Å²) in [5, 5.41) is 17.2. The molecule has 0 saturated heterocycles. The Hall–Kier alpha value is -0.660. The molecule has 0 aromatic heterocycles. The minimum absolute atomic E-state index is 0.00907. The summed E-state index contributed by atoms with van der Waals surface area (Å²) in [7, 11) is -4.07. The van der Waals surface area contributed by atoms with E-state index < -0.39 is 27.9 Å². The standard InChI is InChI=1S/C6H12O6S/c7-5(1-2-6(8)9)3-4-13(10,11)12/h5,7H,1-4H2,(H,8,9)(H,10,11,12). The van der Waals surface area contributed by atoms with Crippen molar-refractivity contribution in [2.75, 3.05) is 5.75 Å². The molecule has 0 aromatic rings. The highest BCUT2D eigenvalue weighted by atomic mass is 32.2. The van der Waals surface area contributed by atoms with Crippen LogP contribution in [0.1, 0.15) is 19.3 Å². The molecule has 3 N–H and O–H groups in total. The van der Waals surface area contributed by atoms with Crippen molar-refractivity contribution in [2.24, 2.45) is 0 Å². The molecule has 0 aliphatic rings. The first-order valence-electron chi connectivity index (χ1n) is 3.66. The predicted molar refractivity (Wildman–Crippen MR) is 43.9 cm³/mol. The third-order valence-corrected chi connectivity index (χ3v) is 2.15. The summed E-state index contributed by atoms with van der Waals surface area (Å²) < 4.78 is 28.7. The number of aliphatic hydroxyl groups excluding tert-OH is 1. The summed E-state index contributed by atoms with van der Waals surface area (Å²) in [6.45, 7) is 0. The van der Waals surface area contributed by atoms with Crippen molar-refractivity contribution in [3.05, 3.63) is 0 Å². The van der Waals surface area contributed by atoms with Crippen LogP contribution in [0.3, 0.4) is 0 Å². The number of hydrogen-bond acceptors (Lipinski definition) is 4. The lowest BCUT2D eigenvalue weighted by Crippen LogP contribution is -2.15. The van der Waals surface area contributed by atoms with Crippen molar-refractivity contribution in [1.82, 2.24) is 0 Å². The summed E-state index contributed by atoms with van der Waals surface area (Å²) >= 11 is 0. The number of aliphatic hydroxyl groups is 1. The van der Waals surface area contributed by atoms with Gasteiger partial charge < -0.3 is 10.2 Å². The van der Waals surface area contributed by atoms with Crippen molar-refractivity contribution < 1.29 is 28.0 Å². The van der Waals surface area contributed by atoms with E-state index in [2.05, 4.69) is 0 Å². The number of carbonyl (C=O) groups is 1. The first kappa shape index (κ1) is 12.3. The molecule has 13 heavy (non-hydrogen) atoms. The Morgan fingerprint density at radius 2 is 1.85 bits per heavy atom. The fraction of sp³-hybridized carbons (Fsp3) is 0.833. The second kappa shape index (κ2) is 5.15. The van der Waals surface area contributed by atoms with Crippen molar-refractivity contribution in [2.45, 2.75) is 25.4 Å². The molecule has 0 heterocycles. The van der Waals surface area contributed by atoms with Crippen LogP contribution in [0.25, 0.3) is 0 Å².